The summed E-state index contributed by atoms with van der Waals surface area (Å²) in [5, 5.41) is 0. The molecule has 0 aliphatic rings. The second kappa shape index (κ2) is 5.04. The molecule has 0 aliphatic heterocycles. The van der Waals surface area contributed by atoms with E-state index < -0.39 is 0 Å². The van der Waals surface area contributed by atoms with Gasteiger partial charge in [0.25, 0.3) is 0 Å². The first-order valence-corrected chi connectivity index (χ1v) is 7.31. The van der Waals surface area contributed by atoms with Crippen LogP contribution < -0.4 is 5.73 Å². The van der Waals surface area contributed by atoms with Crippen molar-refractivity contribution in [1.82, 2.24) is 9.55 Å². The number of imidazole rings is 1. The molecule has 3 nitrogen and oxygen atoms in total. The van der Waals surface area contributed by atoms with Crippen molar-refractivity contribution in [2.24, 2.45) is 12.8 Å². The van der Waals surface area contributed by atoms with Crippen molar-refractivity contribution >= 4 is 27.0 Å². The molecular weight excluding hydrogens is 314 g/mol. The number of fused-ring (bicyclic) bond motifs is 1. The summed E-state index contributed by atoms with van der Waals surface area (Å²) in [7, 11) is 2.05. The molecule has 0 spiro atoms. The van der Waals surface area contributed by atoms with Crippen LogP contribution in [0.25, 0.3) is 22.4 Å². The van der Waals surface area contributed by atoms with Crippen LogP contribution in [-0.4, -0.2) is 9.55 Å². The van der Waals surface area contributed by atoms with Crippen LogP contribution in [0, 0.1) is 6.92 Å². The van der Waals surface area contributed by atoms with Crippen LogP contribution in [0.15, 0.2) is 40.9 Å². The lowest BCUT2D eigenvalue weighted by Gasteiger charge is -2.06. The summed E-state index contributed by atoms with van der Waals surface area (Å²) in [5.41, 5.74) is 11.3. The van der Waals surface area contributed by atoms with E-state index in [1.165, 1.54) is 5.56 Å². The summed E-state index contributed by atoms with van der Waals surface area (Å²) in [6, 6.07) is 12.5. The molecule has 0 fully saturated rings. The Morgan fingerprint density at radius 1 is 1.20 bits per heavy atom. The van der Waals surface area contributed by atoms with Gasteiger partial charge in [-0.2, -0.15) is 0 Å². The Balaban J connectivity index is 2.23. The molecule has 1 aromatic heterocycles. The van der Waals surface area contributed by atoms with Crippen molar-refractivity contribution in [3.63, 3.8) is 0 Å². The first-order valence-electron chi connectivity index (χ1n) is 6.52. The number of rotatable bonds is 2. The maximum atomic E-state index is 5.70. The summed E-state index contributed by atoms with van der Waals surface area (Å²) in [6.07, 6.45) is 0. The first-order chi connectivity index (χ1) is 9.60. The highest BCUT2D eigenvalue weighted by atomic mass is 79.9. The van der Waals surface area contributed by atoms with Gasteiger partial charge in [-0.15, -0.1) is 0 Å². The Kier molecular flexibility index (Phi) is 3.36. The molecule has 0 atom stereocenters. The molecule has 20 heavy (non-hydrogen) atoms. The van der Waals surface area contributed by atoms with Crippen LogP contribution in [0.5, 0.6) is 0 Å². The second-order valence-electron chi connectivity index (χ2n) is 4.98. The third-order valence-corrected chi connectivity index (χ3v) is 4.10. The first kappa shape index (κ1) is 13.3. The fourth-order valence-electron chi connectivity index (χ4n) is 2.49. The van der Waals surface area contributed by atoms with Crippen molar-refractivity contribution in [2.45, 2.75) is 13.5 Å². The molecule has 102 valence electrons. The van der Waals surface area contributed by atoms with Crippen LogP contribution in [0.2, 0.25) is 0 Å². The molecule has 0 saturated heterocycles. The molecule has 4 heteroatoms. The second-order valence-corrected chi connectivity index (χ2v) is 5.90. The molecule has 0 amide bonds. The third kappa shape index (κ3) is 2.15. The summed E-state index contributed by atoms with van der Waals surface area (Å²) in [4.78, 5) is 4.77. The molecule has 2 N–H and O–H groups in total. The molecule has 3 rings (SSSR count). The van der Waals surface area contributed by atoms with E-state index >= 15 is 0 Å². The molecule has 0 radical (unpaired) electrons. The monoisotopic (exact) mass is 329 g/mol. The zero-order valence-electron chi connectivity index (χ0n) is 11.5. The minimum atomic E-state index is 0.541. The number of hydrogen-bond acceptors (Lipinski definition) is 2. The van der Waals surface area contributed by atoms with Crippen molar-refractivity contribution in [3.8, 4) is 11.4 Å². The zero-order chi connectivity index (χ0) is 14.3. The predicted octanol–water partition coefficient (Wildman–Crippen LogP) is 3.77. The highest BCUT2D eigenvalue weighted by Crippen LogP contribution is 2.28. The highest BCUT2D eigenvalue weighted by molar-refractivity contribution is 9.10. The van der Waals surface area contributed by atoms with E-state index in [-0.39, 0.29) is 0 Å². The number of aryl methyl sites for hydroxylation is 2. The van der Waals surface area contributed by atoms with Crippen LogP contribution in [0.4, 0.5) is 0 Å². The Labute approximate surface area is 126 Å². The van der Waals surface area contributed by atoms with Crippen molar-refractivity contribution in [2.75, 3.05) is 0 Å². The number of nitrogens with zero attached hydrogens (tertiary/aromatic N) is 2. The van der Waals surface area contributed by atoms with Gasteiger partial charge < -0.3 is 10.3 Å². The Bertz CT molecular complexity index is 790. The fraction of sp³-hybridized carbons (Fsp3) is 0.188. The molecule has 3 aromatic rings. The van der Waals surface area contributed by atoms with Crippen molar-refractivity contribution in [1.29, 1.82) is 0 Å². The van der Waals surface area contributed by atoms with Gasteiger partial charge in [-0.3, -0.25) is 0 Å². The number of halogens is 1. The van der Waals surface area contributed by atoms with Gasteiger partial charge in [-0.1, -0.05) is 22.0 Å². The van der Waals surface area contributed by atoms with Gasteiger partial charge in [-0.25, -0.2) is 4.98 Å². The van der Waals surface area contributed by atoms with E-state index in [1.807, 2.05) is 13.1 Å². The maximum Gasteiger partial charge on any atom is 0.141 e. The highest BCUT2D eigenvalue weighted by Gasteiger charge is 2.12. The number of hydrogen-bond donors (Lipinski definition) is 1. The predicted molar refractivity (Wildman–Crippen MR) is 86.5 cm³/mol. The van der Waals surface area contributed by atoms with Crippen LogP contribution in [0.1, 0.15) is 11.1 Å². The SMILES string of the molecule is Cc1cc(Br)ccc1-c1nc2cc(CN)ccc2n1C. The van der Waals surface area contributed by atoms with E-state index in [2.05, 4.69) is 57.8 Å². The van der Waals surface area contributed by atoms with Crippen LogP contribution in [-0.2, 0) is 13.6 Å². The van der Waals surface area contributed by atoms with Gasteiger partial charge >= 0.3 is 0 Å². The van der Waals surface area contributed by atoms with E-state index in [4.69, 9.17) is 10.7 Å². The van der Waals surface area contributed by atoms with Gasteiger partial charge in [0.05, 0.1) is 11.0 Å². The van der Waals surface area contributed by atoms with E-state index in [9.17, 15) is 0 Å². The molecule has 0 saturated carbocycles. The minimum Gasteiger partial charge on any atom is -0.327 e. The van der Waals surface area contributed by atoms with E-state index in [1.54, 1.807) is 0 Å². The number of nitrogens with two attached hydrogens (primary N) is 1. The van der Waals surface area contributed by atoms with E-state index in [0.29, 0.717) is 6.54 Å². The van der Waals surface area contributed by atoms with Crippen LogP contribution in [0.3, 0.4) is 0 Å². The molecule has 1 heterocycles. The molecule has 0 unspecified atom stereocenters. The number of aromatic nitrogens is 2. The average Bonchev–Trinajstić information content (AvgIpc) is 2.75. The smallest absolute Gasteiger partial charge is 0.141 e. The van der Waals surface area contributed by atoms with Gasteiger partial charge in [0.2, 0.25) is 0 Å². The normalized spacial score (nSPS) is 11.2. The Morgan fingerprint density at radius 3 is 2.70 bits per heavy atom. The zero-order valence-corrected chi connectivity index (χ0v) is 13.1. The lowest BCUT2D eigenvalue weighted by Crippen LogP contribution is -1.96. The summed E-state index contributed by atoms with van der Waals surface area (Å²) < 4.78 is 3.22. The Morgan fingerprint density at radius 2 is 2.00 bits per heavy atom. The van der Waals surface area contributed by atoms with Gasteiger partial charge in [0.15, 0.2) is 0 Å². The molecular formula is C16H16BrN3. The largest absolute Gasteiger partial charge is 0.327 e. The Hall–Kier alpha value is -1.65. The van der Waals surface area contributed by atoms with Gasteiger partial charge in [0.1, 0.15) is 5.82 Å². The van der Waals surface area contributed by atoms with E-state index in [0.717, 1.165) is 32.5 Å². The minimum absolute atomic E-state index is 0.541. The maximum absolute atomic E-state index is 5.70. The summed E-state index contributed by atoms with van der Waals surface area (Å²) in [6.45, 7) is 2.64. The topological polar surface area (TPSA) is 43.8 Å². The molecule has 0 bridgehead atoms. The van der Waals surface area contributed by atoms with Crippen molar-refractivity contribution in [3.05, 3.63) is 52.0 Å². The number of benzene rings is 2. The summed E-state index contributed by atoms with van der Waals surface area (Å²) in [5.74, 6) is 0.985. The molecule has 0 aliphatic carbocycles. The van der Waals surface area contributed by atoms with Gasteiger partial charge in [-0.05, 0) is 48.4 Å². The fourth-order valence-corrected chi connectivity index (χ4v) is 2.97. The lowest BCUT2D eigenvalue weighted by molar-refractivity contribution is 0.957. The van der Waals surface area contributed by atoms with Crippen molar-refractivity contribution < 1.29 is 0 Å². The quantitative estimate of drug-likeness (QED) is 0.777. The third-order valence-electron chi connectivity index (χ3n) is 3.61. The standard InChI is InChI=1S/C16H16BrN3/c1-10-7-12(17)4-5-13(10)16-19-14-8-11(9-18)3-6-15(14)20(16)2/h3-8H,9,18H2,1-2H3. The summed E-state index contributed by atoms with van der Waals surface area (Å²) >= 11 is 3.50. The average molecular weight is 330 g/mol. The van der Waals surface area contributed by atoms with Crippen LogP contribution >= 0.6 is 15.9 Å². The lowest BCUT2D eigenvalue weighted by atomic mass is 10.1. The van der Waals surface area contributed by atoms with Gasteiger partial charge in [0, 0.05) is 23.6 Å². The molecule has 2 aromatic carbocycles.